The first kappa shape index (κ1) is 10.3. The summed E-state index contributed by atoms with van der Waals surface area (Å²) in [7, 11) is 0. The van der Waals surface area contributed by atoms with Crippen LogP contribution in [0.25, 0.3) is 11.4 Å². The molecule has 0 radical (unpaired) electrons. The molecule has 0 fully saturated rings. The maximum absolute atomic E-state index is 5.15. The first-order chi connectivity index (χ1) is 8.83. The quantitative estimate of drug-likeness (QED) is 0.763. The lowest BCUT2D eigenvalue weighted by Gasteiger charge is -2.19. The Labute approximate surface area is 105 Å². The van der Waals surface area contributed by atoms with Gasteiger partial charge in [0, 0.05) is 36.7 Å². The van der Waals surface area contributed by atoms with Crippen molar-refractivity contribution >= 4 is 0 Å². The number of aromatic nitrogens is 3. The van der Waals surface area contributed by atoms with Gasteiger partial charge in [0.15, 0.2) is 0 Å². The maximum atomic E-state index is 5.15. The molecule has 0 unspecified atom stereocenters. The van der Waals surface area contributed by atoms with E-state index in [1.54, 1.807) is 6.26 Å². The smallest absolute Gasteiger partial charge is 0.135 e. The molecule has 94 valence electrons. The predicted molar refractivity (Wildman–Crippen MR) is 66.1 cm³/mol. The molecule has 0 saturated carbocycles. The van der Waals surface area contributed by atoms with Gasteiger partial charge in [-0.05, 0) is 19.8 Å². The minimum atomic E-state index is 0.508. The van der Waals surface area contributed by atoms with Crippen molar-refractivity contribution in [3.8, 4) is 11.4 Å². The van der Waals surface area contributed by atoms with Gasteiger partial charge in [0.1, 0.15) is 12.0 Å². The molecule has 0 spiro atoms. The van der Waals surface area contributed by atoms with E-state index in [0.717, 1.165) is 38.0 Å². The third kappa shape index (κ3) is 1.37. The van der Waals surface area contributed by atoms with E-state index in [1.807, 2.05) is 0 Å². The molecule has 1 atom stereocenters. The monoisotopic (exact) mass is 244 g/mol. The highest BCUT2D eigenvalue weighted by Crippen LogP contribution is 2.33. The largest absolute Gasteiger partial charge is 0.364 e. The van der Waals surface area contributed by atoms with E-state index in [2.05, 4.69) is 22.1 Å². The summed E-state index contributed by atoms with van der Waals surface area (Å²) in [4.78, 5) is 0. The van der Waals surface area contributed by atoms with Gasteiger partial charge in [-0.3, -0.25) is 4.68 Å². The van der Waals surface area contributed by atoms with Gasteiger partial charge in [0.05, 0.1) is 11.4 Å². The van der Waals surface area contributed by atoms with Gasteiger partial charge in [-0.25, -0.2) is 0 Å². The summed E-state index contributed by atoms with van der Waals surface area (Å²) in [6.45, 7) is 4.07. The Balaban J connectivity index is 1.93. The Bertz CT molecular complexity index is 598. The first-order valence-corrected chi connectivity index (χ1v) is 6.58. The SMILES string of the molecule is C[C@@H]1Cc2nn3c(c2CN1)-c1nocc1CCC3. The lowest BCUT2D eigenvalue weighted by Crippen LogP contribution is -2.32. The van der Waals surface area contributed by atoms with Crippen molar-refractivity contribution in [3.63, 3.8) is 0 Å². The lowest BCUT2D eigenvalue weighted by atomic mass is 9.99. The highest BCUT2D eigenvalue weighted by Gasteiger charge is 2.28. The summed E-state index contributed by atoms with van der Waals surface area (Å²) in [6.07, 6.45) is 4.91. The molecule has 4 heterocycles. The summed E-state index contributed by atoms with van der Waals surface area (Å²) in [5.74, 6) is 0. The van der Waals surface area contributed by atoms with Gasteiger partial charge in [0.25, 0.3) is 0 Å². The van der Waals surface area contributed by atoms with Crippen molar-refractivity contribution < 1.29 is 4.52 Å². The molecule has 2 aromatic heterocycles. The van der Waals surface area contributed by atoms with Crippen LogP contribution in [-0.4, -0.2) is 21.0 Å². The normalized spacial score (nSPS) is 21.9. The van der Waals surface area contributed by atoms with Gasteiger partial charge in [-0.15, -0.1) is 0 Å². The number of hydrogen-bond donors (Lipinski definition) is 1. The maximum Gasteiger partial charge on any atom is 0.135 e. The Morgan fingerprint density at radius 2 is 2.44 bits per heavy atom. The van der Waals surface area contributed by atoms with Gasteiger partial charge < -0.3 is 9.84 Å². The van der Waals surface area contributed by atoms with E-state index in [-0.39, 0.29) is 0 Å². The van der Waals surface area contributed by atoms with Crippen LogP contribution in [0.2, 0.25) is 0 Å². The number of rotatable bonds is 0. The summed E-state index contributed by atoms with van der Waals surface area (Å²) >= 11 is 0. The molecule has 0 amide bonds. The molecule has 5 nitrogen and oxygen atoms in total. The minimum absolute atomic E-state index is 0.508. The summed E-state index contributed by atoms with van der Waals surface area (Å²) in [6, 6.07) is 0.508. The van der Waals surface area contributed by atoms with E-state index in [0.29, 0.717) is 6.04 Å². The van der Waals surface area contributed by atoms with Crippen LogP contribution < -0.4 is 5.32 Å². The standard InChI is InChI=1S/C13H16N4O/c1-8-5-11-10(6-14-8)13-12-9(7-18-16-12)3-2-4-17(13)15-11/h7-8,14H,2-6H2,1H3/t8-/m1/s1. The predicted octanol–water partition coefficient (Wildman–Crippen LogP) is 1.52. The fourth-order valence-corrected chi connectivity index (χ4v) is 3.01. The Kier molecular flexibility index (Phi) is 2.11. The fourth-order valence-electron chi connectivity index (χ4n) is 3.01. The van der Waals surface area contributed by atoms with Crippen molar-refractivity contribution in [3.05, 3.63) is 23.1 Å². The van der Waals surface area contributed by atoms with E-state index in [9.17, 15) is 0 Å². The molecule has 2 aromatic rings. The first-order valence-electron chi connectivity index (χ1n) is 6.58. The van der Waals surface area contributed by atoms with Crippen molar-refractivity contribution in [1.82, 2.24) is 20.3 Å². The van der Waals surface area contributed by atoms with Crippen LogP contribution in [0.15, 0.2) is 10.8 Å². The Morgan fingerprint density at radius 3 is 3.39 bits per heavy atom. The van der Waals surface area contributed by atoms with Crippen LogP contribution in [0.5, 0.6) is 0 Å². The van der Waals surface area contributed by atoms with Gasteiger partial charge in [-0.2, -0.15) is 5.10 Å². The third-order valence-electron chi connectivity index (χ3n) is 3.94. The Hall–Kier alpha value is -1.62. The van der Waals surface area contributed by atoms with E-state index in [4.69, 9.17) is 9.62 Å². The van der Waals surface area contributed by atoms with Crippen LogP contribution in [0, 0.1) is 0 Å². The van der Waals surface area contributed by atoms with Gasteiger partial charge >= 0.3 is 0 Å². The van der Waals surface area contributed by atoms with Gasteiger partial charge in [-0.1, -0.05) is 5.16 Å². The Morgan fingerprint density at radius 1 is 1.50 bits per heavy atom. The average molecular weight is 244 g/mol. The van der Waals surface area contributed by atoms with Crippen LogP contribution in [0.4, 0.5) is 0 Å². The molecule has 0 aliphatic carbocycles. The molecular weight excluding hydrogens is 228 g/mol. The average Bonchev–Trinajstić information content (AvgIpc) is 2.89. The molecular formula is C13H16N4O. The highest BCUT2D eigenvalue weighted by atomic mass is 16.5. The van der Waals surface area contributed by atoms with E-state index >= 15 is 0 Å². The number of hydrogen-bond acceptors (Lipinski definition) is 4. The number of nitrogens with zero attached hydrogens (tertiary/aromatic N) is 3. The fraction of sp³-hybridized carbons (Fsp3) is 0.538. The molecule has 2 aliphatic heterocycles. The van der Waals surface area contributed by atoms with E-state index in [1.165, 1.54) is 22.5 Å². The van der Waals surface area contributed by atoms with Crippen molar-refractivity contribution in [2.45, 2.75) is 45.3 Å². The summed E-state index contributed by atoms with van der Waals surface area (Å²) in [5.41, 5.74) is 5.93. The van der Waals surface area contributed by atoms with Crippen LogP contribution in [0.3, 0.4) is 0 Å². The zero-order valence-electron chi connectivity index (χ0n) is 10.4. The zero-order chi connectivity index (χ0) is 12.1. The molecule has 0 bridgehead atoms. The number of fused-ring (bicyclic) bond motifs is 5. The van der Waals surface area contributed by atoms with Crippen molar-refractivity contribution in [2.24, 2.45) is 0 Å². The molecule has 4 rings (SSSR count). The second kappa shape index (κ2) is 3.68. The number of aryl methyl sites for hydroxylation is 2. The molecule has 0 aromatic carbocycles. The number of nitrogens with one attached hydrogen (secondary N) is 1. The lowest BCUT2D eigenvalue weighted by molar-refractivity contribution is 0.418. The highest BCUT2D eigenvalue weighted by molar-refractivity contribution is 5.64. The zero-order valence-corrected chi connectivity index (χ0v) is 10.4. The second-order valence-electron chi connectivity index (χ2n) is 5.28. The minimum Gasteiger partial charge on any atom is -0.364 e. The van der Waals surface area contributed by atoms with Crippen molar-refractivity contribution in [1.29, 1.82) is 0 Å². The topological polar surface area (TPSA) is 55.9 Å². The van der Waals surface area contributed by atoms with Crippen LogP contribution in [-0.2, 0) is 25.9 Å². The van der Waals surface area contributed by atoms with Crippen molar-refractivity contribution in [2.75, 3.05) is 0 Å². The van der Waals surface area contributed by atoms with Crippen LogP contribution in [0.1, 0.15) is 30.2 Å². The molecule has 2 aliphatic rings. The van der Waals surface area contributed by atoms with Gasteiger partial charge in [0.2, 0.25) is 0 Å². The summed E-state index contributed by atoms with van der Waals surface area (Å²) < 4.78 is 7.27. The molecule has 18 heavy (non-hydrogen) atoms. The molecule has 1 N–H and O–H groups in total. The molecule has 0 saturated heterocycles. The molecule has 5 heteroatoms. The summed E-state index contributed by atoms with van der Waals surface area (Å²) in [5, 5.41) is 12.5. The third-order valence-corrected chi connectivity index (χ3v) is 3.94. The van der Waals surface area contributed by atoms with E-state index < -0.39 is 0 Å². The second-order valence-corrected chi connectivity index (χ2v) is 5.28. The van der Waals surface area contributed by atoms with Crippen LogP contribution >= 0.6 is 0 Å².